The Hall–Kier alpha value is -3.97. The van der Waals surface area contributed by atoms with Crippen molar-refractivity contribution in [3.05, 3.63) is 59.2 Å². The van der Waals surface area contributed by atoms with Crippen molar-refractivity contribution in [2.24, 2.45) is 0 Å². The summed E-state index contributed by atoms with van der Waals surface area (Å²) in [5.74, 6) is 0.611. The number of ether oxygens (including phenoxy) is 1. The summed E-state index contributed by atoms with van der Waals surface area (Å²) < 4.78 is 44.6. The molecule has 0 radical (unpaired) electrons. The van der Waals surface area contributed by atoms with E-state index in [1.807, 2.05) is 16.7 Å². The number of hydrogen-bond acceptors (Lipinski definition) is 9. The van der Waals surface area contributed by atoms with Gasteiger partial charge >= 0.3 is 6.18 Å². The number of aliphatic hydroxyl groups excluding tert-OH is 1. The van der Waals surface area contributed by atoms with Gasteiger partial charge in [0.15, 0.2) is 0 Å². The zero-order valence-corrected chi connectivity index (χ0v) is 21.2. The molecule has 39 heavy (non-hydrogen) atoms. The molecule has 2 aliphatic rings. The zero-order chi connectivity index (χ0) is 27.6. The van der Waals surface area contributed by atoms with Gasteiger partial charge in [0.25, 0.3) is 5.91 Å². The highest BCUT2D eigenvalue weighted by molar-refractivity contribution is 6.05. The molecule has 0 spiro atoms. The fourth-order valence-corrected chi connectivity index (χ4v) is 4.37. The number of amides is 1. The second-order valence-electron chi connectivity index (χ2n) is 9.43. The molecule has 5 rings (SSSR count). The van der Waals surface area contributed by atoms with E-state index in [1.165, 1.54) is 12.1 Å². The molecule has 2 saturated heterocycles. The summed E-state index contributed by atoms with van der Waals surface area (Å²) in [6.07, 6.45) is -4.36. The molecular formula is C26H28F3N7O3. The molecule has 0 saturated carbocycles. The maximum atomic E-state index is 13.1. The highest BCUT2D eigenvalue weighted by atomic mass is 19.4. The van der Waals surface area contributed by atoms with Crippen LogP contribution in [0.15, 0.2) is 42.5 Å². The van der Waals surface area contributed by atoms with Crippen molar-refractivity contribution in [2.75, 3.05) is 59.8 Å². The van der Waals surface area contributed by atoms with Gasteiger partial charge in [-0.25, -0.2) is 0 Å². The molecule has 0 unspecified atom stereocenters. The number of morpholine rings is 1. The Kier molecular flexibility index (Phi) is 7.53. The molecule has 2 aliphatic heterocycles. The number of alkyl halides is 3. The van der Waals surface area contributed by atoms with Gasteiger partial charge in [-0.15, -0.1) is 0 Å². The van der Waals surface area contributed by atoms with Crippen LogP contribution in [0.3, 0.4) is 0 Å². The van der Waals surface area contributed by atoms with Crippen molar-refractivity contribution in [1.82, 2.24) is 15.0 Å². The van der Waals surface area contributed by atoms with Gasteiger partial charge in [0, 0.05) is 43.1 Å². The van der Waals surface area contributed by atoms with Crippen molar-refractivity contribution >= 4 is 35.1 Å². The molecule has 3 aromatic rings. The minimum absolute atomic E-state index is 0.0370. The molecule has 3 heterocycles. The molecule has 3 N–H and O–H groups in total. The molecule has 0 aliphatic carbocycles. The van der Waals surface area contributed by atoms with Gasteiger partial charge in [-0.1, -0.05) is 12.1 Å². The first kappa shape index (κ1) is 26.6. The lowest BCUT2D eigenvalue weighted by molar-refractivity contribution is -0.137. The van der Waals surface area contributed by atoms with Gasteiger partial charge in [0.1, 0.15) is 0 Å². The van der Waals surface area contributed by atoms with Crippen LogP contribution in [0, 0.1) is 6.92 Å². The van der Waals surface area contributed by atoms with Crippen LogP contribution in [0.4, 0.5) is 42.4 Å². The number of hydrogen-bond donors (Lipinski definition) is 3. The van der Waals surface area contributed by atoms with Crippen LogP contribution in [0.5, 0.6) is 0 Å². The van der Waals surface area contributed by atoms with E-state index in [4.69, 9.17) is 4.74 Å². The smallest absolute Gasteiger partial charge is 0.391 e. The average molecular weight is 544 g/mol. The van der Waals surface area contributed by atoms with Crippen molar-refractivity contribution in [1.29, 1.82) is 0 Å². The normalized spacial score (nSPS) is 17.8. The van der Waals surface area contributed by atoms with E-state index in [0.717, 1.165) is 17.7 Å². The minimum atomic E-state index is -4.52. The third kappa shape index (κ3) is 6.37. The molecule has 1 atom stereocenters. The first-order chi connectivity index (χ1) is 18.7. The lowest BCUT2D eigenvalue weighted by Crippen LogP contribution is -2.38. The molecule has 13 heteroatoms. The number of carbonyl (C=O) groups is 1. The lowest BCUT2D eigenvalue weighted by atomic mass is 10.1. The van der Waals surface area contributed by atoms with E-state index in [9.17, 15) is 23.1 Å². The number of aryl methyl sites for hydroxylation is 1. The third-order valence-electron chi connectivity index (χ3n) is 6.55. The summed E-state index contributed by atoms with van der Waals surface area (Å²) in [5, 5.41) is 15.7. The van der Waals surface area contributed by atoms with Crippen molar-refractivity contribution < 1.29 is 27.8 Å². The van der Waals surface area contributed by atoms with Crippen LogP contribution < -0.4 is 20.4 Å². The second-order valence-corrected chi connectivity index (χ2v) is 9.43. The number of aromatic nitrogens is 3. The van der Waals surface area contributed by atoms with Gasteiger partial charge < -0.3 is 30.3 Å². The number of β-amino-alcohol motifs (C(OH)–C–C–N with tert-alkyl or cyclic N) is 1. The van der Waals surface area contributed by atoms with Crippen molar-refractivity contribution in [2.45, 2.75) is 25.6 Å². The summed E-state index contributed by atoms with van der Waals surface area (Å²) in [6, 6.07) is 9.38. The topological polar surface area (TPSA) is 116 Å². The molecule has 0 bridgehead atoms. The van der Waals surface area contributed by atoms with Gasteiger partial charge in [-0.05, 0) is 49.2 Å². The van der Waals surface area contributed by atoms with Gasteiger partial charge in [-0.3, -0.25) is 4.79 Å². The molecular weight excluding hydrogens is 515 g/mol. The SMILES string of the molecule is Cc1ccc(C(=O)Nc2cccc(C(F)(F)F)c2)cc1Nc1nc(N2CCOCC2)nc(N2CC[C@@H](O)C2)n1. The zero-order valence-electron chi connectivity index (χ0n) is 21.2. The fourth-order valence-electron chi connectivity index (χ4n) is 4.37. The Labute approximate surface area is 222 Å². The quantitative estimate of drug-likeness (QED) is 0.429. The van der Waals surface area contributed by atoms with Crippen LogP contribution in [0.2, 0.25) is 0 Å². The van der Waals surface area contributed by atoms with Crippen LogP contribution >= 0.6 is 0 Å². The highest BCUT2D eigenvalue weighted by Gasteiger charge is 2.30. The largest absolute Gasteiger partial charge is 0.416 e. The maximum Gasteiger partial charge on any atom is 0.416 e. The first-order valence-electron chi connectivity index (χ1n) is 12.5. The second kappa shape index (κ2) is 11.0. The highest BCUT2D eigenvalue weighted by Crippen LogP contribution is 2.31. The fraction of sp³-hybridized carbons (Fsp3) is 0.385. The summed E-state index contributed by atoms with van der Waals surface area (Å²) in [5.41, 5.74) is 0.787. The van der Waals surface area contributed by atoms with E-state index in [1.54, 1.807) is 18.2 Å². The number of anilines is 5. The predicted octanol–water partition coefficient (Wildman–Crippen LogP) is 3.60. The number of carbonyl (C=O) groups excluding carboxylic acids is 1. The van der Waals surface area contributed by atoms with E-state index in [-0.39, 0.29) is 17.2 Å². The lowest BCUT2D eigenvalue weighted by Gasteiger charge is -2.28. The number of rotatable bonds is 6. The Bertz CT molecular complexity index is 1330. The van der Waals surface area contributed by atoms with E-state index in [0.29, 0.717) is 63.4 Å². The Balaban J connectivity index is 1.40. The average Bonchev–Trinajstić information content (AvgIpc) is 3.36. The minimum Gasteiger partial charge on any atom is -0.391 e. The summed E-state index contributed by atoms with van der Waals surface area (Å²) in [7, 11) is 0. The van der Waals surface area contributed by atoms with Crippen molar-refractivity contribution in [3.8, 4) is 0 Å². The van der Waals surface area contributed by atoms with Gasteiger partial charge in [0.05, 0.1) is 24.9 Å². The summed E-state index contributed by atoms with van der Waals surface area (Å²) >= 11 is 0. The summed E-state index contributed by atoms with van der Waals surface area (Å²) in [4.78, 5) is 30.6. The monoisotopic (exact) mass is 543 g/mol. The maximum absolute atomic E-state index is 13.1. The van der Waals surface area contributed by atoms with Crippen LogP contribution in [0.1, 0.15) is 27.9 Å². The van der Waals surface area contributed by atoms with Crippen LogP contribution in [-0.4, -0.2) is 71.5 Å². The molecule has 1 amide bonds. The molecule has 2 fully saturated rings. The first-order valence-corrected chi connectivity index (χ1v) is 12.5. The Morgan fingerprint density at radius 1 is 1.03 bits per heavy atom. The number of benzene rings is 2. The van der Waals surface area contributed by atoms with Crippen molar-refractivity contribution in [3.63, 3.8) is 0 Å². The van der Waals surface area contributed by atoms with Crippen LogP contribution in [0.25, 0.3) is 0 Å². The van der Waals surface area contributed by atoms with E-state index < -0.39 is 23.8 Å². The van der Waals surface area contributed by atoms with Crippen LogP contribution in [-0.2, 0) is 10.9 Å². The standard InChI is InChI=1S/C26H28F3N7O3/c1-16-5-6-17(22(38)30-19-4-2-3-18(14-19)26(27,28)29)13-21(16)31-23-32-24(35-9-11-39-12-10-35)34-25(33-23)36-8-7-20(37)15-36/h2-6,13-14,20,37H,7-12,15H2,1H3,(H,30,38)(H,31,32,33,34)/t20-/m1/s1. The number of halogens is 3. The third-order valence-corrected chi connectivity index (χ3v) is 6.55. The Morgan fingerprint density at radius 3 is 2.46 bits per heavy atom. The molecule has 206 valence electrons. The van der Waals surface area contributed by atoms with E-state index >= 15 is 0 Å². The number of aliphatic hydroxyl groups is 1. The molecule has 1 aromatic heterocycles. The molecule has 10 nitrogen and oxygen atoms in total. The van der Waals surface area contributed by atoms with Gasteiger partial charge in [-0.2, -0.15) is 28.1 Å². The predicted molar refractivity (Wildman–Crippen MR) is 140 cm³/mol. The summed E-state index contributed by atoms with van der Waals surface area (Å²) in [6.45, 7) is 5.21. The number of nitrogens with zero attached hydrogens (tertiary/aromatic N) is 5. The molecule has 2 aromatic carbocycles. The number of nitrogens with one attached hydrogen (secondary N) is 2. The van der Waals surface area contributed by atoms with E-state index in [2.05, 4.69) is 25.6 Å². The Morgan fingerprint density at radius 2 is 1.77 bits per heavy atom. The van der Waals surface area contributed by atoms with Gasteiger partial charge in [0.2, 0.25) is 17.8 Å².